The summed E-state index contributed by atoms with van der Waals surface area (Å²) in [6, 6.07) is 9.41. The molecule has 3 aromatic rings. The second-order valence-corrected chi connectivity index (χ2v) is 6.65. The fourth-order valence-corrected chi connectivity index (χ4v) is 3.28. The van der Waals surface area contributed by atoms with Crippen LogP contribution in [0.5, 0.6) is 5.75 Å². The van der Waals surface area contributed by atoms with Crippen molar-refractivity contribution in [2.24, 2.45) is 0 Å². The van der Waals surface area contributed by atoms with Crippen LogP contribution in [-0.2, 0) is 0 Å². The Hall–Kier alpha value is -3.73. The first kappa shape index (κ1) is 20.0. The Balaban J connectivity index is 1.91. The number of amides is 1. The molecular formula is C18H14FN5O4S. The lowest BCUT2D eigenvalue weighted by atomic mass is 10.2. The molecule has 2 aromatic carbocycles. The van der Waals surface area contributed by atoms with Gasteiger partial charge >= 0.3 is 0 Å². The molecule has 148 valence electrons. The van der Waals surface area contributed by atoms with Gasteiger partial charge in [0.25, 0.3) is 11.6 Å². The molecule has 0 aliphatic carbocycles. The number of hydrogen-bond donors (Lipinski definition) is 2. The van der Waals surface area contributed by atoms with Gasteiger partial charge in [0.1, 0.15) is 34.3 Å². The topological polar surface area (TPSA) is 133 Å². The Labute approximate surface area is 168 Å². The van der Waals surface area contributed by atoms with E-state index in [1.54, 1.807) is 0 Å². The van der Waals surface area contributed by atoms with Gasteiger partial charge in [0.05, 0.1) is 17.7 Å². The molecule has 0 aliphatic rings. The summed E-state index contributed by atoms with van der Waals surface area (Å²) < 4.78 is 18.7. The number of methoxy groups -OCH3 is 1. The number of non-ortho nitro benzene ring substituents is 1. The maximum Gasteiger partial charge on any atom is 0.269 e. The molecule has 0 atom stereocenters. The summed E-state index contributed by atoms with van der Waals surface area (Å²) in [4.78, 5) is 31.6. The fraction of sp³-hybridized carbons (Fsp3) is 0.0556. The van der Waals surface area contributed by atoms with Crippen LogP contribution in [0.15, 0.2) is 58.7 Å². The van der Waals surface area contributed by atoms with Gasteiger partial charge in [-0.15, -0.1) is 0 Å². The van der Waals surface area contributed by atoms with E-state index < -0.39 is 16.6 Å². The molecule has 0 spiro atoms. The predicted molar refractivity (Wildman–Crippen MR) is 105 cm³/mol. The molecule has 3 N–H and O–H groups in total. The molecular weight excluding hydrogens is 401 g/mol. The largest absolute Gasteiger partial charge is 0.495 e. The average molecular weight is 415 g/mol. The van der Waals surface area contributed by atoms with Crippen LogP contribution in [0.4, 0.5) is 21.6 Å². The monoisotopic (exact) mass is 415 g/mol. The van der Waals surface area contributed by atoms with Crippen molar-refractivity contribution in [1.29, 1.82) is 0 Å². The SMILES string of the molecule is COc1ccc(F)cc1NC(=O)c1c(N)ncnc1Sc1ccc([N+](=O)[O-])cc1. The minimum absolute atomic E-state index is 0.0119. The third-order valence-electron chi connectivity index (χ3n) is 3.74. The van der Waals surface area contributed by atoms with E-state index in [1.165, 1.54) is 49.8 Å². The molecule has 0 fully saturated rings. The summed E-state index contributed by atoms with van der Waals surface area (Å²) in [5, 5.41) is 13.6. The van der Waals surface area contributed by atoms with Gasteiger partial charge < -0.3 is 15.8 Å². The summed E-state index contributed by atoms with van der Waals surface area (Å²) in [6.45, 7) is 0. The van der Waals surface area contributed by atoms with Crippen LogP contribution < -0.4 is 15.8 Å². The van der Waals surface area contributed by atoms with Crippen molar-refractivity contribution in [2.45, 2.75) is 9.92 Å². The Morgan fingerprint density at radius 1 is 1.24 bits per heavy atom. The molecule has 0 radical (unpaired) electrons. The number of rotatable bonds is 6. The molecule has 0 bridgehead atoms. The van der Waals surface area contributed by atoms with Crippen LogP contribution in [0, 0.1) is 15.9 Å². The number of nitrogens with one attached hydrogen (secondary N) is 1. The van der Waals surface area contributed by atoms with Gasteiger partial charge in [0, 0.05) is 23.1 Å². The molecule has 1 heterocycles. The zero-order valence-corrected chi connectivity index (χ0v) is 15.8. The second kappa shape index (κ2) is 8.52. The third kappa shape index (κ3) is 4.58. The van der Waals surface area contributed by atoms with Crippen LogP contribution in [-0.4, -0.2) is 27.9 Å². The van der Waals surface area contributed by atoms with Crippen LogP contribution in [0.1, 0.15) is 10.4 Å². The maximum atomic E-state index is 13.6. The number of aromatic nitrogens is 2. The molecule has 29 heavy (non-hydrogen) atoms. The average Bonchev–Trinajstić information content (AvgIpc) is 2.68. The summed E-state index contributed by atoms with van der Waals surface area (Å²) in [6.07, 6.45) is 1.20. The molecule has 0 saturated heterocycles. The number of anilines is 2. The number of nitrogen functional groups attached to an aromatic ring is 1. The van der Waals surface area contributed by atoms with Crippen molar-refractivity contribution in [2.75, 3.05) is 18.2 Å². The summed E-state index contributed by atoms with van der Waals surface area (Å²) in [5.41, 5.74) is 5.92. The zero-order chi connectivity index (χ0) is 21.0. The number of carbonyl (C=O) groups excluding carboxylic acids is 1. The summed E-state index contributed by atoms with van der Waals surface area (Å²) in [7, 11) is 1.39. The quantitative estimate of drug-likeness (QED) is 0.355. The van der Waals surface area contributed by atoms with Crippen molar-refractivity contribution in [3.05, 3.63) is 70.3 Å². The van der Waals surface area contributed by atoms with Crippen molar-refractivity contribution in [3.8, 4) is 5.75 Å². The Morgan fingerprint density at radius 2 is 1.97 bits per heavy atom. The Bertz CT molecular complexity index is 1080. The highest BCUT2D eigenvalue weighted by atomic mass is 32.2. The number of nitro groups is 1. The first-order valence-electron chi connectivity index (χ1n) is 8.06. The van der Waals surface area contributed by atoms with Crippen molar-refractivity contribution in [1.82, 2.24) is 9.97 Å². The number of ether oxygens (including phenoxy) is 1. The fourth-order valence-electron chi connectivity index (χ4n) is 2.38. The van der Waals surface area contributed by atoms with E-state index in [4.69, 9.17) is 10.5 Å². The van der Waals surface area contributed by atoms with Crippen molar-refractivity contribution < 1.29 is 18.8 Å². The number of nitrogens with two attached hydrogens (primary N) is 1. The number of hydrogen-bond acceptors (Lipinski definition) is 8. The highest BCUT2D eigenvalue weighted by Gasteiger charge is 2.20. The summed E-state index contributed by atoms with van der Waals surface area (Å²) >= 11 is 1.08. The first-order valence-corrected chi connectivity index (χ1v) is 8.88. The van der Waals surface area contributed by atoms with Gasteiger partial charge in [-0.1, -0.05) is 11.8 Å². The number of benzene rings is 2. The van der Waals surface area contributed by atoms with E-state index in [2.05, 4.69) is 15.3 Å². The van der Waals surface area contributed by atoms with Crippen LogP contribution in [0.3, 0.4) is 0 Å². The number of nitrogens with zero attached hydrogens (tertiary/aromatic N) is 3. The minimum atomic E-state index is -0.656. The lowest BCUT2D eigenvalue weighted by Crippen LogP contribution is -2.17. The Morgan fingerprint density at radius 3 is 2.62 bits per heavy atom. The normalized spacial score (nSPS) is 10.4. The lowest BCUT2D eigenvalue weighted by molar-refractivity contribution is -0.384. The smallest absolute Gasteiger partial charge is 0.269 e. The molecule has 11 heteroatoms. The Kier molecular flexibility index (Phi) is 5.88. The molecule has 3 rings (SSSR count). The van der Waals surface area contributed by atoms with Gasteiger partial charge in [-0.3, -0.25) is 14.9 Å². The third-order valence-corrected chi connectivity index (χ3v) is 4.75. The van der Waals surface area contributed by atoms with E-state index in [0.717, 1.165) is 17.8 Å². The van der Waals surface area contributed by atoms with E-state index >= 15 is 0 Å². The molecule has 0 saturated carbocycles. The van der Waals surface area contributed by atoms with Crippen molar-refractivity contribution in [3.63, 3.8) is 0 Å². The van der Waals surface area contributed by atoms with E-state index in [-0.39, 0.29) is 33.5 Å². The maximum absolute atomic E-state index is 13.6. The van der Waals surface area contributed by atoms with E-state index in [0.29, 0.717) is 4.90 Å². The number of halogens is 1. The standard InChI is InChI=1S/C18H14FN5O4S/c1-28-14-7-2-10(19)8-13(14)23-17(25)15-16(20)21-9-22-18(15)29-12-5-3-11(4-6-12)24(26)27/h2-9H,1H3,(H,23,25)(H2,20,21,22). The predicted octanol–water partition coefficient (Wildman–Crippen LogP) is 3.52. The van der Waals surface area contributed by atoms with Gasteiger partial charge in [0.15, 0.2) is 0 Å². The van der Waals surface area contributed by atoms with Crippen LogP contribution in [0.2, 0.25) is 0 Å². The highest BCUT2D eigenvalue weighted by Crippen LogP contribution is 2.33. The van der Waals surface area contributed by atoms with Gasteiger partial charge in [0.2, 0.25) is 0 Å². The molecule has 1 aromatic heterocycles. The van der Waals surface area contributed by atoms with E-state index in [1.807, 2.05) is 0 Å². The molecule has 0 unspecified atom stereocenters. The molecule has 0 aliphatic heterocycles. The van der Waals surface area contributed by atoms with Gasteiger partial charge in [-0.2, -0.15) is 0 Å². The minimum Gasteiger partial charge on any atom is -0.495 e. The van der Waals surface area contributed by atoms with Crippen LogP contribution >= 0.6 is 11.8 Å². The van der Waals surface area contributed by atoms with E-state index in [9.17, 15) is 19.3 Å². The lowest BCUT2D eigenvalue weighted by Gasteiger charge is -2.13. The number of nitro benzene ring substituents is 1. The van der Waals surface area contributed by atoms with Gasteiger partial charge in [-0.25, -0.2) is 14.4 Å². The molecule has 9 nitrogen and oxygen atoms in total. The first-order chi connectivity index (χ1) is 13.9. The number of carbonyl (C=O) groups is 1. The van der Waals surface area contributed by atoms with Gasteiger partial charge in [-0.05, 0) is 24.3 Å². The molecule has 1 amide bonds. The second-order valence-electron chi connectivity index (χ2n) is 5.59. The zero-order valence-electron chi connectivity index (χ0n) is 15.0. The summed E-state index contributed by atoms with van der Waals surface area (Å²) in [5.74, 6) is -1.02. The highest BCUT2D eigenvalue weighted by molar-refractivity contribution is 7.99. The van der Waals surface area contributed by atoms with Crippen LogP contribution in [0.25, 0.3) is 0 Å². The van der Waals surface area contributed by atoms with Crippen molar-refractivity contribution >= 4 is 34.9 Å².